The first-order chi connectivity index (χ1) is 21.7. The zero-order valence-corrected chi connectivity index (χ0v) is 27.9. The second-order valence-electron chi connectivity index (χ2n) is 13.4. The molecule has 1 nitrogen and oxygen atoms in total. The van der Waals surface area contributed by atoms with Gasteiger partial charge < -0.3 is 5.11 Å². The molecular weight excluding hydrogens is 570 g/mol. The van der Waals surface area contributed by atoms with Gasteiger partial charge in [-0.05, 0) is 106 Å². The van der Waals surface area contributed by atoms with Gasteiger partial charge in [0.25, 0.3) is 0 Å². The van der Waals surface area contributed by atoms with E-state index in [1.54, 1.807) is 0 Å². The van der Waals surface area contributed by atoms with Crippen LogP contribution in [0.1, 0.15) is 72.3 Å². The molecule has 0 unspecified atom stereocenters. The van der Waals surface area contributed by atoms with E-state index in [0.717, 1.165) is 84.0 Å². The van der Waals surface area contributed by atoms with Gasteiger partial charge in [0.1, 0.15) is 17.2 Å². The first kappa shape index (κ1) is 31.4. The molecule has 5 aromatic rings. The first-order valence-electron chi connectivity index (χ1n) is 15.8. The van der Waals surface area contributed by atoms with Gasteiger partial charge in [-0.2, -0.15) is 0 Å². The Kier molecular flexibility index (Phi) is 7.94. The van der Waals surface area contributed by atoms with E-state index >= 15 is 8.78 Å². The van der Waals surface area contributed by atoms with Crippen molar-refractivity contribution >= 4 is 22.3 Å². The Labute approximate surface area is 271 Å². The zero-order valence-electron chi connectivity index (χ0n) is 27.9. The molecule has 1 aliphatic carbocycles. The second-order valence-corrected chi connectivity index (χ2v) is 13.4. The Bertz CT molecular complexity index is 1890. The van der Waals surface area contributed by atoms with Gasteiger partial charge in [-0.25, -0.2) is 8.78 Å². The maximum absolute atomic E-state index is 15.2. The highest BCUT2D eigenvalue weighted by molar-refractivity contribution is 6.31. The predicted molar refractivity (Wildman–Crippen MR) is 188 cm³/mol. The largest absolute Gasteiger partial charge is 0.376 e. The molecule has 232 valence electrons. The highest BCUT2D eigenvalue weighted by atomic mass is 19.1. The van der Waals surface area contributed by atoms with Crippen LogP contribution < -0.4 is 0 Å². The third kappa shape index (κ3) is 5.65. The van der Waals surface area contributed by atoms with Crippen molar-refractivity contribution in [2.75, 3.05) is 0 Å². The summed E-state index contributed by atoms with van der Waals surface area (Å²) in [7, 11) is 0. The smallest absolute Gasteiger partial charge is 0.143 e. The molecule has 0 spiro atoms. The van der Waals surface area contributed by atoms with Crippen molar-refractivity contribution in [3.8, 4) is 0 Å². The molecule has 6 rings (SSSR count). The minimum absolute atomic E-state index is 0.148. The fourth-order valence-corrected chi connectivity index (χ4v) is 7.55. The predicted octanol–water partition coefficient (Wildman–Crippen LogP) is 10.9. The molecule has 5 aromatic carbocycles. The van der Waals surface area contributed by atoms with Crippen LogP contribution in [-0.2, 0) is 5.60 Å². The Balaban J connectivity index is 1.93. The van der Waals surface area contributed by atoms with Crippen molar-refractivity contribution in [1.29, 1.82) is 0 Å². The number of hydrogen-bond acceptors (Lipinski definition) is 1. The molecule has 1 N–H and O–H groups in total. The van der Waals surface area contributed by atoms with Gasteiger partial charge >= 0.3 is 0 Å². The fraction of sp³-hybridized carbons (Fsp3) is 0.209. The second kappa shape index (κ2) is 11.6. The van der Waals surface area contributed by atoms with Crippen molar-refractivity contribution < 1.29 is 13.9 Å². The van der Waals surface area contributed by atoms with Gasteiger partial charge in [-0.1, -0.05) is 117 Å². The van der Waals surface area contributed by atoms with E-state index in [1.165, 1.54) is 12.1 Å². The zero-order chi connectivity index (χ0) is 33.1. The molecular formula is C43H40F2O. The molecule has 0 heterocycles. The molecule has 0 saturated heterocycles. The standard InChI is InChI=1S/C43H40F2O/c1-24-9-25(2)14-32(13-24)39-40(33-15-26(3)10-27(4)16-33)42(35-19-30(7)12-31(8)20-35)43(46,36-21-37(44)23-38(45)22-36)41(39)34-17-28(5)11-29(6)18-34/h9-23,46H,1-8H3. The summed E-state index contributed by atoms with van der Waals surface area (Å²) in [5.74, 6) is -1.48. The lowest BCUT2D eigenvalue weighted by Crippen LogP contribution is -2.28. The third-order valence-corrected chi connectivity index (χ3v) is 8.80. The molecule has 0 saturated carbocycles. The lowest BCUT2D eigenvalue weighted by atomic mass is 9.76. The van der Waals surface area contributed by atoms with E-state index < -0.39 is 17.2 Å². The Hall–Kier alpha value is -4.60. The lowest BCUT2D eigenvalue weighted by Gasteiger charge is -2.33. The SMILES string of the molecule is Cc1cc(C)cc(C2=C(c3cc(C)cc(C)c3)C(O)(c3cc(F)cc(F)c3)C(c3cc(C)cc(C)c3)=C2c2cc(C)cc(C)c2)c1. The summed E-state index contributed by atoms with van der Waals surface area (Å²) in [5, 5.41) is 13.7. The van der Waals surface area contributed by atoms with Crippen LogP contribution in [0.15, 0.2) is 91.0 Å². The van der Waals surface area contributed by atoms with E-state index in [2.05, 4.69) is 100 Å². The molecule has 0 aliphatic heterocycles. The van der Waals surface area contributed by atoms with Crippen LogP contribution in [0.4, 0.5) is 8.78 Å². The summed E-state index contributed by atoms with van der Waals surface area (Å²) >= 11 is 0. The number of halogens is 2. The Morgan fingerprint density at radius 2 is 0.630 bits per heavy atom. The number of rotatable bonds is 5. The summed E-state index contributed by atoms with van der Waals surface area (Å²) in [4.78, 5) is 0. The van der Waals surface area contributed by atoms with E-state index in [4.69, 9.17) is 0 Å². The van der Waals surface area contributed by atoms with Crippen LogP contribution in [-0.4, -0.2) is 5.11 Å². The molecule has 0 bridgehead atoms. The van der Waals surface area contributed by atoms with Gasteiger partial charge in [-0.3, -0.25) is 0 Å². The van der Waals surface area contributed by atoms with E-state index in [1.807, 2.05) is 27.7 Å². The summed E-state index contributed by atoms with van der Waals surface area (Å²) in [6.07, 6.45) is 0. The Morgan fingerprint density at radius 3 is 0.913 bits per heavy atom. The molecule has 46 heavy (non-hydrogen) atoms. The van der Waals surface area contributed by atoms with Crippen LogP contribution in [0.3, 0.4) is 0 Å². The average Bonchev–Trinajstić information content (AvgIpc) is 3.21. The number of aliphatic hydroxyl groups is 1. The van der Waals surface area contributed by atoms with Crippen LogP contribution >= 0.6 is 0 Å². The number of aryl methyl sites for hydroxylation is 8. The minimum Gasteiger partial charge on any atom is -0.376 e. The summed E-state index contributed by atoms with van der Waals surface area (Å²) in [5.41, 5.74) is 13.1. The third-order valence-electron chi connectivity index (χ3n) is 8.80. The van der Waals surface area contributed by atoms with Gasteiger partial charge in [0.15, 0.2) is 0 Å². The molecule has 1 aliphatic rings. The monoisotopic (exact) mass is 610 g/mol. The molecule has 0 atom stereocenters. The Morgan fingerprint density at radius 1 is 0.370 bits per heavy atom. The van der Waals surface area contributed by atoms with Gasteiger partial charge in [0.2, 0.25) is 0 Å². The van der Waals surface area contributed by atoms with Crippen LogP contribution in [0.25, 0.3) is 22.3 Å². The van der Waals surface area contributed by atoms with Crippen molar-refractivity contribution in [3.63, 3.8) is 0 Å². The van der Waals surface area contributed by atoms with Crippen molar-refractivity contribution in [2.45, 2.75) is 61.0 Å². The molecule has 0 radical (unpaired) electrons. The summed E-state index contributed by atoms with van der Waals surface area (Å²) in [6.45, 7) is 16.4. The van der Waals surface area contributed by atoms with Gasteiger partial charge in [0, 0.05) is 17.2 Å². The fourth-order valence-electron chi connectivity index (χ4n) is 7.55. The number of allylic oxidation sites excluding steroid dienone is 2. The molecule has 0 aromatic heterocycles. The van der Waals surface area contributed by atoms with Crippen LogP contribution in [0.5, 0.6) is 0 Å². The molecule has 0 fully saturated rings. The molecule has 3 heteroatoms. The normalized spacial score (nSPS) is 14.4. The average molecular weight is 611 g/mol. The topological polar surface area (TPSA) is 20.2 Å². The van der Waals surface area contributed by atoms with Crippen molar-refractivity contribution in [1.82, 2.24) is 0 Å². The maximum Gasteiger partial charge on any atom is 0.143 e. The summed E-state index contributed by atoms with van der Waals surface area (Å²) in [6, 6.07) is 28.7. The highest BCUT2D eigenvalue weighted by Crippen LogP contribution is 2.61. The minimum atomic E-state index is -1.91. The number of hydrogen-bond donors (Lipinski definition) is 1. The van der Waals surface area contributed by atoms with E-state index in [0.29, 0.717) is 11.1 Å². The van der Waals surface area contributed by atoms with Gasteiger partial charge in [0.05, 0.1) is 0 Å². The van der Waals surface area contributed by atoms with Crippen molar-refractivity contribution in [3.05, 3.63) is 175 Å². The number of benzene rings is 5. The maximum atomic E-state index is 15.2. The van der Waals surface area contributed by atoms with Crippen LogP contribution in [0, 0.1) is 67.0 Å². The van der Waals surface area contributed by atoms with Crippen molar-refractivity contribution in [2.24, 2.45) is 0 Å². The molecule has 0 amide bonds. The quantitative estimate of drug-likeness (QED) is 0.210. The van der Waals surface area contributed by atoms with Crippen LogP contribution in [0.2, 0.25) is 0 Å². The highest BCUT2D eigenvalue weighted by Gasteiger charge is 2.49. The lowest BCUT2D eigenvalue weighted by molar-refractivity contribution is 0.166. The van der Waals surface area contributed by atoms with E-state index in [9.17, 15) is 5.11 Å². The van der Waals surface area contributed by atoms with E-state index in [-0.39, 0.29) is 5.56 Å². The summed E-state index contributed by atoms with van der Waals surface area (Å²) < 4.78 is 30.5. The first-order valence-corrected chi connectivity index (χ1v) is 15.8. The van der Waals surface area contributed by atoms with Gasteiger partial charge in [-0.15, -0.1) is 0 Å².